The van der Waals surface area contributed by atoms with E-state index in [1.165, 1.54) is 17.5 Å². The molecule has 0 radical (unpaired) electrons. The fourth-order valence-electron chi connectivity index (χ4n) is 1.97. The van der Waals surface area contributed by atoms with Gasteiger partial charge in [-0.2, -0.15) is 0 Å². The maximum Gasteiger partial charge on any atom is 0.286 e. The van der Waals surface area contributed by atoms with Crippen LogP contribution in [0.4, 0.5) is 5.13 Å². The van der Waals surface area contributed by atoms with E-state index in [2.05, 4.69) is 15.3 Å². The monoisotopic (exact) mass is 287 g/mol. The lowest BCUT2D eigenvalue weighted by atomic mass is 9.90. The van der Waals surface area contributed by atoms with Crippen LogP contribution in [-0.4, -0.2) is 27.6 Å². The van der Waals surface area contributed by atoms with Crippen molar-refractivity contribution < 1.29 is 14.7 Å². The van der Waals surface area contributed by atoms with Gasteiger partial charge < -0.3 is 5.11 Å². The SMILES string of the molecule is O=C1N=C2C=CC=CC2C(O)=C1C(=O)Nc1nccs1. The molecule has 0 spiro atoms. The molecule has 20 heavy (non-hydrogen) atoms. The van der Waals surface area contributed by atoms with E-state index in [1.54, 1.807) is 29.7 Å². The average molecular weight is 287 g/mol. The highest BCUT2D eigenvalue weighted by atomic mass is 32.1. The highest BCUT2D eigenvalue weighted by Gasteiger charge is 2.34. The molecule has 3 rings (SSSR count). The summed E-state index contributed by atoms with van der Waals surface area (Å²) in [5.74, 6) is -2.28. The summed E-state index contributed by atoms with van der Waals surface area (Å²) in [6.45, 7) is 0. The molecule has 2 N–H and O–H groups in total. The Labute approximate surface area is 117 Å². The Morgan fingerprint density at radius 1 is 1.40 bits per heavy atom. The fraction of sp³-hybridized carbons (Fsp3) is 0.0769. The van der Waals surface area contributed by atoms with E-state index >= 15 is 0 Å². The Morgan fingerprint density at radius 2 is 2.25 bits per heavy atom. The molecule has 1 aliphatic carbocycles. The van der Waals surface area contributed by atoms with Gasteiger partial charge in [0, 0.05) is 11.6 Å². The number of aliphatic hydroxyl groups is 1. The minimum atomic E-state index is -0.747. The first kappa shape index (κ1) is 12.5. The highest BCUT2D eigenvalue weighted by Crippen LogP contribution is 2.26. The second-order valence-electron chi connectivity index (χ2n) is 4.12. The van der Waals surface area contributed by atoms with Crippen LogP contribution in [0, 0.1) is 5.92 Å². The number of amides is 2. The maximum atomic E-state index is 12.1. The van der Waals surface area contributed by atoms with Gasteiger partial charge in [-0.25, -0.2) is 9.98 Å². The number of nitrogens with one attached hydrogen (secondary N) is 1. The van der Waals surface area contributed by atoms with Crippen LogP contribution >= 0.6 is 11.3 Å². The number of aliphatic hydroxyl groups excluding tert-OH is 1. The predicted octanol–water partition coefficient (Wildman–Crippen LogP) is 1.62. The summed E-state index contributed by atoms with van der Waals surface area (Å²) in [6.07, 6.45) is 8.29. The molecule has 1 unspecified atom stereocenters. The number of fused-ring (bicyclic) bond motifs is 1. The van der Waals surface area contributed by atoms with Crippen molar-refractivity contribution in [1.82, 2.24) is 4.98 Å². The van der Waals surface area contributed by atoms with Crippen molar-refractivity contribution in [2.24, 2.45) is 10.9 Å². The van der Waals surface area contributed by atoms with Gasteiger partial charge in [0.05, 0.1) is 11.6 Å². The molecule has 0 saturated carbocycles. The molecule has 1 aliphatic heterocycles. The second kappa shape index (κ2) is 4.86. The first-order chi connectivity index (χ1) is 9.66. The zero-order valence-corrected chi connectivity index (χ0v) is 10.9. The van der Waals surface area contributed by atoms with Gasteiger partial charge in [0.15, 0.2) is 5.13 Å². The first-order valence-electron chi connectivity index (χ1n) is 5.78. The zero-order chi connectivity index (χ0) is 14.1. The number of allylic oxidation sites excluding steroid dienone is 4. The summed E-state index contributed by atoms with van der Waals surface area (Å²) in [6, 6.07) is 0. The number of dihydropyridines is 1. The lowest BCUT2D eigenvalue weighted by Crippen LogP contribution is -2.30. The molecule has 1 aromatic heterocycles. The van der Waals surface area contributed by atoms with Gasteiger partial charge in [-0.1, -0.05) is 18.2 Å². The molecule has 0 fully saturated rings. The molecule has 100 valence electrons. The number of aromatic nitrogens is 1. The van der Waals surface area contributed by atoms with Gasteiger partial charge in [-0.3, -0.25) is 14.9 Å². The van der Waals surface area contributed by atoms with Gasteiger partial charge >= 0.3 is 0 Å². The van der Waals surface area contributed by atoms with E-state index in [-0.39, 0.29) is 11.3 Å². The van der Waals surface area contributed by atoms with Crippen molar-refractivity contribution in [3.05, 3.63) is 47.2 Å². The van der Waals surface area contributed by atoms with E-state index in [1.807, 2.05) is 0 Å². The summed E-state index contributed by atoms with van der Waals surface area (Å²) >= 11 is 1.22. The quantitative estimate of drug-likeness (QED) is 0.808. The van der Waals surface area contributed by atoms with E-state index in [0.717, 1.165) is 0 Å². The average Bonchev–Trinajstić information content (AvgIpc) is 2.91. The van der Waals surface area contributed by atoms with Gasteiger partial charge in [0.1, 0.15) is 11.3 Å². The van der Waals surface area contributed by atoms with E-state index in [9.17, 15) is 14.7 Å². The van der Waals surface area contributed by atoms with Crippen LogP contribution in [0.3, 0.4) is 0 Å². The standard InChI is InChI=1S/C13H9N3O3S/c17-10-7-3-1-2-4-8(7)15-11(18)9(10)12(19)16-13-14-5-6-20-13/h1-7,17H,(H,14,16,19). The molecule has 2 heterocycles. The molecular formula is C13H9N3O3S. The van der Waals surface area contributed by atoms with Crippen LogP contribution < -0.4 is 5.32 Å². The largest absolute Gasteiger partial charge is 0.510 e. The Balaban J connectivity index is 1.92. The number of nitrogens with zero attached hydrogens (tertiary/aromatic N) is 2. The van der Waals surface area contributed by atoms with Crippen LogP contribution in [0.2, 0.25) is 0 Å². The van der Waals surface area contributed by atoms with E-state index < -0.39 is 17.7 Å². The number of carbonyl (C=O) groups excluding carboxylic acids is 2. The number of hydrogen-bond donors (Lipinski definition) is 2. The van der Waals surface area contributed by atoms with E-state index in [4.69, 9.17) is 0 Å². The second-order valence-corrected chi connectivity index (χ2v) is 5.01. The number of aliphatic imine (C=N–C) groups is 1. The lowest BCUT2D eigenvalue weighted by Gasteiger charge is -2.21. The number of anilines is 1. The molecule has 2 aliphatic rings. The van der Waals surface area contributed by atoms with Crippen LogP contribution in [-0.2, 0) is 9.59 Å². The smallest absolute Gasteiger partial charge is 0.286 e. The van der Waals surface area contributed by atoms with Crippen molar-refractivity contribution in [1.29, 1.82) is 0 Å². The summed E-state index contributed by atoms with van der Waals surface area (Å²) in [5.41, 5.74) is 0.0923. The number of hydrogen-bond acceptors (Lipinski definition) is 5. The zero-order valence-electron chi connectivity index (χ0n) is 10.1. The molecule has 1 aromatic rings. The molecule has 1 atom stereocenters. The van der Waals surface area contributed by atoms with Crippen molar-refractivity contribution in [2.45, 2.75) is 0 Å². The Bertz CT molecular complexity index is 698. The molecule has 0 saturated heterocycles. The third-order valence-corrected chi connectivity index (χ3v) is 3.56. The number of rotatable bonds is 2. The van der Waals surface area contributed by atoms with Crippen LogP contribution in [0.15, 0.2) is 52.2 Å². The topological polar surface area (TPSA) is 91.6 Å². The van der Waals surface area contributed by atoms with Crippen molar-refractivity contribution >= 4 is 34.0 Å². The van der Waals surface area contributed by atoms with Crippen LogP contribution in [0.25, 0.3) is 0 Å². The molecular weight excluding hydrogens is 278 g/mol. The van der Waals surface area contributed by atoms with Gasteiger partial charge in [0.25, 0.3) is 11.8 Å². The molecule has 7 heteroatoms. The Hall–Kier alpha value is -2.54. The van der Waals surface area contributed by atoms with E-state index in [0.29, 0.717) is 10.8 Å². The summed E-state index contributed by atoms with van der Waals surface area (Å²) in [5, 5.41) is 14.7. The van der Waals surface area contributed by atoms with Crippen molar-refractivity contribution in [2.75, 3.05) is 5.32 Å². The molecule has 0 aromatic carbocycles. The van der Waals surface area contributed by atoms with Crippen molar-refractivity contribution in [3.63, 3.8) is 0 Å². The summed E-state index contributed by atoms with van der Waals surface area (Å²) in [7, 11) is 0. The Morgan fingerprint density at radius 3 is 3.00 bits per heavy atom. The lowest BCUT2D eigenvalue weighted by molar-refractivity contribution is -0.119. The fourth-order valence-corrected chi connectivity index (χ4v) is 2.49. The minimum Gasteiger partial charge on any atom is -0.510 e. The third-order valence-electron chi connectivity index (χ3n) is 2.88. The minimum absolute atomic E-state index is 0.283. The highest BCUT2D eigenvalue weighted by molar-refractivity contribution is 7.13. The molecule has 2 amide bonds. The maximum absolute atomic E-state index is 12.1. The van der Waals surface area contributed by atoms with Crippen LogP contribution in [0.5, 0.6) is 0 Å². The van der Waals surface area contributed by atoms with Crippen molar-refractivity contribution in [3.8, 4) is 0 Å². The van der Waals surface area contributed by atoms with Gasteiger partial charge in [0.2, 0.25) is 0 Å². The van der Waals surface area contributed by atoms with Gasteiger partial charge in [-0.05, 0) is 6.08 Å². The van der Waals surface area contributed by atoms with Gasteiger partial charge in [-0.15, -0.1) is 11.3 Å². The van der Waals surface area contributed by atoms with Crippen LogP contribution in [0.1, 0.15) is 0 Å². The number of thiazole rings is 1. The first-order valence-corrected chi connectivity index (χ1v) is 6.66. The third kappa shape index (κ3) is 2.08. The normalized spacial score (nSPS) is 20.7. The number of carbonyl (C=O) groups is 2. The predicted molar refractivity (Wildman–Crippen MR) is 74.6 cm³/mol. The molecule has 6 nitrogen and oxygen atoms in total. The molecule has 0 bridgehead atoms. The summed E-state index contributed by atoms with van der Waals surface area (Å²) in [4.78, 5) is 31.7. The summed E-state index contributed by atoms with van der Waals surface area (Å²) < 4.78 is 0. The Kier molecular flexibility index (Phi) is 3.03.